The smallest absolute Gasteiger partial charge is 0.267 e. The van der Waals surface area contributed by atoms with Crippen molar-refractivity contribution in [3.8, 4) is 5.75 Å². The van der Waals surface area contributed by atoms with Gasteiger partial charge in [-0.3, -0.25) is 4.79 Å². The first-order valence-electron chi connectivity index (χ1n) is 8.30. The predicted octanol–water partition coefficient (Wildman–Crippen LogP) is 5.50. The highest BCUT2D eigenvalue weighted by molar-refractivity contribution is 7.13. The molecule has 3 aromatic rings. The first-order chi connectivity index (χ1) is 12.5. The number of halogens is 1. The summed E-state index contributed by atoms with van der Waals surface area (Å²) in [5.41, 5.74) is 2.66. The van der Waals surface area contributed by atoms with Gasteiger partial charge >= 0.3 is 0 Å². The van der Waals surface area contributed by atoms with Gasteiger partial charge in [-0.1, -0.05) is 30.7 Å². The molecule has 0 spiro atoms. The molecule has 1 aromatic heterocycles. The van der Waals surface area contributed by atoms with Gasteiger partial charge in [0, 0.05) is 10.7 Å². The Bertz CT molecular complexity index is 889. The third-order valence-electron chi connectivity index (χ3n) is 3.84. The summed E-state index contributed by atoms with van der Waals surface area (Å²) in [6.45, 7) is 4.28. The summed E-state index contributed by atoms with van der Waals surface area (Å²) in [6.07, 6.45) is 0.998. The molecule has 1 N–H and O–H groups in total. The normalized spacial score (nSPS) is 10.6. The minimum atomic E-state index is -0.180. The van der Waals surface area contributed by atoms with Crippen molar-refractivity contribution >= 4 is 34.5 Å². The highest BCUT2D eigenvalue weighted by Gasteiger charge is 2.16. The van der Waals surface area contributed by atoms with Crippen LogP contribution in [0.3, 0.4) is 0 Å². The average molecular weight is 387 g/mol. The van der Waals surface area contributed by atoms with Gasteiger partial charge in [0.2, 0.25) is 0 Å². The van der Waals surface area contributed by atoms with E-state index in [-0.39, 0.29) is 5.91 Å². The van der Waals surface area contributed by atoms with Gasteiger partial charge in [0.15, 0.2) is 0 Å². The fourth-order valence-corrected chi connectivity index (χ4v) is 3.41. The Morgan fingerprint density at radius 3 is 2.50 bits per heavy atom. The summed E-state index contributed by atoms with van der Waals surface area (Å²) >= 11 is 7.20. The summed E-state index contributed by atoms with van der Waals surface area (Å²) in [6, 6.07) is 15.0. The van der Waals surface area contributed by atoms with E-state index >= 15 is 0 Å². The van der Waals surface area contributed by atoms with Gasteiger partial charge in [-0.05, 0) is 55.3 Å². The standard InChI is InChI=1S/C20H19ClN2O2S/c1-3-14-4-10-17(11-5-14)25-12-18-22-13(2)19(26-18)20(24)23-16-8-6-15(21)7-9-16/h4-11H,3,12H2,1-2H3,(H,23,24). The van der Waals surface area contributed by atoms with Gasteiger partial charge in [-0.15, -0.1) is 11.3 Å². The number of benzene rings is 2. The topological polar surface area (TPSA) is 51.2 Å². The molecule has 0 saturated heterocycles. The zero-order chi connectivity index (χ0) is 18.5. The lowest BCUT2D eigenvalue weighted by Gasteiger charge is -2.04. The van der Waals surface area contributed by atoms with Crippen LogP contribution in [0.15, 0.2) is 48.5 Å². The van der Waals surface area contributed by atoms with Crippen molar-refractivity contribution in [2.75, 3.05) is 5.32 Å². The molecule has 0 fully saturated rings. The Morgan fingerprint density at radius 1 is 1.15 bits per heavy atom. The predicted molar refractivity (Wildman–Crippen MR) is 106 cm³/mol. The number of hydrogen-bond acceptors (Lipinski definition) is 4. The third kappa shape index (κ3) is 4.62. The lowest BCUT2D eigenvalue weighted by Crippen LogP contribution is -2.11. The van der Waals surface area contributed by atoms with E-state index in [2.05, 4.69) is 17.2 Å². The Labute approximate surface area is 161 Å². The van der Waals surface area contributed by atoms with Crippen LogP contribution in [0.2, 0.25) is 5.02 Å². The zero-order valence-electron chi connectivity index (χ0n) is 14.6. The molecule has 0 aliphatic carbocycles. The van der Waals surface area contributed by atoms with Crippen LogP contribution in [0.4, 0.5) is 5.69 Å². The second kappa shape index (κ2) is 8.34. The van der Waals surface area contributed by atoms with Crippen LogP contribution in [-0.4, -0.2) is 10.9 Å². The molecule has 0 saturated carbocycles. The van der Waals surface area contributed by atoms with E-state index in [1.807, 2.05) is 31.2 Å². The summed E-state index contributed by atoms with van der Waals surface area (Å²) in [7, 11) is 0. The molecule has 0 atom stereocenters. The van der Waals surface area contributed by atoms with E-state index in [9.17, 15) is 4.79 Å². The van der Waals surface area contributed by atoms with Crippen molar-refractivity contribution < 1.29 is 9.53 Å². The number of hydrogen-bond donors (Lipinski definition) is 1. The molecular formula is C20H19ClN2O2S. The second-order valence-electron chi connectivity index (χ2n) is 5.77. The molecule has 4 nitrogen and oxygen atoms in total. The maximum atomic E-state index is 12.5. The molecule has 1 heterocycles. The second-order valence-corrected chi connectivity index (χ2v) is 7.29. The lowest BCUT2D eigenvalue weighted by molar-refractivity contribution is 0.103. The third-order valence-corrected chi connectivity index (χ3v) is 5.22. The van der Waals surface area contributed by atoms with E-state index < -0.39 is 0 Å². The summed E-state index contributed by atoms with van der Waals surface area (Å²) < 4.78 is 5.77. The number of carbonyl (C=O) groups is 1. The van der Waals surface area contributed by atoms with Gasteiger partial charge in [0.1, 0.15) is 22.2 Å². The maximum Gasteiger partial charge on any atom is 0.267 e. The number of aromatic nitrogens is 1. The fraction of sp³-hybridized carbons (Fsp3) is 0.200. The number of carbonyl (C=O) groups excluding carboxylic acids is 1. The molecule has 6 heteroatoms. The molecule has 2 aromatic carbocycles. The molecule has 134 valence electrons. The van der Waals surface area contributed by atoms with Crippen molar-refractivity contribution in [2.45, 2.75) is 26.9 Å². The first kappa shape index (κ1) is 18.4. The van der Waals surface area contributed by atoms with Crippen molar-refractivity contribution in [3.63, 3.8) is 0 Å². The Morgan fingerprint density at radius 2 is 1.85 bits per heavy atom. The number of amides is 1. The highest BCUT2D eigenvalue weighted by Crippen LogP contribution is 2.22. The highest BCUT2D eigenvalue weighted by atomic mass is 35.5. The van der Waals surface area contributed by atoms with E-state index in [0.29, 0.717) is 27.9 Å². The summed E-state index contributed by atoms with van der Waals surface area (Å²) in [5, 5.41) is 4.25. The van der Waals surface area contributed by atoms with Crippen LogP contribution in [0, 0.1) is 6.92 Å². The Kier molecular flexibility index (Phi) is 5.91. The van der Waals surface area contributed by atoms with Crippen LogP contribution >= 0.6 is 22.9 Å². The molecule has 0 aliphatic heterocycles. The van der Waals surface area contributed by atoms with Crippen molar-refractivity contribution in [1.82, 2.24) is 4.98 Å². The van der Waals surface area contributed by atoms with Crippen molar-refractivity contribution in [3.05, 3.63) is 74.7 Å². The number of thiazole rings is 1. The van der Waals surface area contributed by atoms with Gasteiger partial charge in [0.05, 0.1) is 5.69 Å². The lowest BCUT2D eigenvalue weighted by atomic mass is 10.2. The van der Waals surface area contributed by atoms with E-state index in [0.717, 1.165) is 17.2 Å². The Hall–Kier alpha value is -2.37. The average Bonchev–Trinajstić information content (AvgIpc) is 3.03. The molecule has 0 bridgehead atoms. The number of anilines is 1. The SMILES string of the molecule is CCc1ccc(OCc2nc(C)c(C(=O)Nc3ccc(Cl)cc3)s2)cc1. The number of nitrogens with zero attached hydrogens (tertiary/aromatic N) is 1. The summed E-state index contributed by atoms with van der Waals surface area (Å²) in [5.74, 6) is 0.614. The van der Waals surface area contributed by atoms with Crippen molar-refractivity contribution in [1.29, 1.82) is 0 Å². The molecule has 0 radical (unpaired) electrons. The summed E-state index contributed by atoms with van der Waals surface area (Å²) in [4.78, 5) is 17.5. The van der Waals surface area contributed by atoms with Gasteiger partial charge in [-0.2, -0.15) is 0 Å². The molecule has 26 heavy (non-hydrogen) atoms. The van der Waals surface area contributed by atoms with Crippen LogP contribution < -0.4 is 10.1 Å². The molecule has 0 aliphatic rings. The van der Waals surface area contributed by atoms with E-state index in [1.165, 1.54) is 16.9 Å². The number of rotatable bonds is 6. The van der Waals surface area contributed by atoms with Crippen LogP contribution in [0.5, 0.6) is 5.75 Å². The minimum absolute atomic E-state index is 0.180. The van der Waals surface area contributed by atoms with E-state index in [1.54, 1.807) is 24.3 Å². The quantitative estimate of drug-likeness (QED) is 0.608. The maximum absolute atomic E-state index is 12.5. The zero-order valence-corrected chi connectivity index (χ0v) is 16.2. The Balaban J connectivity index is 1.64. The molecule has 1 amide bonds. The monoisotopic (exact) mass is 386 g/mol. The van der Waals surface area contributed by atoms with Gasteiger partial charge in [0.25, 0.3) is 5.91 Å². The molecule has 3 rings (SSSR count). The first-order valence-corrected chi connectivity index (χ1v) is 9.49. The van der Waals surface area contributed by atoms with Crippen LogP contribution in [0.25, 0.3) is 0 Å². The fourth-order valence-electron chi connectivity index (χ4n) is 2.41. The largest absolute Gasteiger partial charge is 0.486 e. The molecule has 0 unspecified atom stereocenters. The van der Waals surface area contributed by atoms with Crippen LogP contribution in [0.1, 0.15) is 32.9 Å². The van der Waals surface area contributed by atoms with Crippen LogP contribution in [-0.2, 0) is 13.0 Å². The number of ether oxygens (including phenoxy) is 1. The number of nitrogens with one attached hydrogen (secondary N) is 1. The molecular weight excluding hydrogens is 368 g/mol. The van der Waals surface area contributed by atoms with Gasteiger partial charge in [-0.25, -0.2) is 4.98 Å². The van der Waals surface area contributed by atoms with E-state index in [4.69, 9.17) is 16.3 Å². The number of aryl methyl sites for hydroxylation is 2. The van der Waals surface area contributed by atoms with Crippen molar-refractivity contribution in [2.24, 2.45) is 0 Å². The minimum Gasteiger partial charge on any atom is -0.486 e. The van der Waals surface area contributed by atoms with Gasteiger partial charge < -0.3 is 10.1 Å².